The van der Waals surface area contributed by atoms with Crippen molar-refractivity contribution in [1.82, 2.24) is 15.5 Å². The van der Waals surface area contributed by atoms with Crippen molar-refractivity contribution in [3.8, 4) is 0 Å². The molecule has 20 heavy (non-hydrogen) atoms. The minimum atomic E-state index is -0.231. The predicted molar refractivity (Wildman–Crippen MR) is 78.2 cm³/mol. The Balaban J connectivity index is 1.79. The van der Waals surface area contributed by atoms with Crippen molar-refractivity contribution >= 4 is 11.8 Å². The molecule has 0 aliphatic carbocycles. The Bertz CT molecular complexity index is 340. The lowest BCUT2D eigenvalue weighted by atomic mass is 9.99. The Kier molecular flexibility index (Phi) is 5.83. The van der Waals surface area contributed by atoms with Gasteiger partial charge in [-0.05, 0) is 51.1 Å². The summed E-state index contributed by atoms with van der Waals surface area (Å²) in [7, 11) is 0. The van der Waals surface area contributed by atoms with E-state index in [4.69, 9.17) is 0 Å². The van der Waals surface area contributed by atoms with Gasteiger partial charge in [-0.3, -0.25) is 9.59 Å². The molecule has 0 saturated carbocycles. The van der Waals surface area contributed by atoms with Gasteiger partial charge in [0.15, 0.2) is 0 Å². The average molecular weight is 281 g/mol. The molecule has 2 aliphatic rings. The van der Waals surface area contributed by atoms with Crippen molar-refractivity contribution < 1.29 is 9.59 Å². The van der Waals surface area contributed by atoms with Crippen LogP contribution < -0.4 is 10.6 Å². The van der Waals surface area contributed by atoms with E-state index in [9.17, 15) is 9.59 Å². The quantitative estimate of drug-likeness (QED) is 0.787. The number of nitrogens with zero attached hydrogens (tertiary/aromatic N) is 1. The largest absolute Gasteiger partial charge is 0.354 e. The summed E-state index contributed by atoms with van der Waals surface area (Å²) in [6, 6.07) is -0.231. The van der Waals surface area contributed by atoms with E-state index >= 15 is 0 Å². The molecule has 2 heterocycles. The summed E-state index contributed by atoms with van der Waals surface area (Å²) in [6.45, 7) is 5.55. The minimum absolute atomic E-state index is 0.0394. The smallest absolute Gasteiger partial charge is 0.242 e. The molecule has 5 nitrogen and oxygen atoms in total. The van der Waals surface area contributed by atoms with Gasteiger partial charge in [-0.1, -0.05) is 6.92 Å². The van der Waals surface area contributed by atoms with Crippen molar-refractivity contribution in [2.45, 2.75) is 51.5 Å². The zero-order valence-corrected chi connectivity index (χ0v) is 12.5. The molecule has 2 saturated heterocycles. The van der Waals surface area contributed by atoms with E-state index < -0.39 is 0 Å². The van der Waals surface area contributed by atoms with Gasteiger partial charge in [0.1, 0.15) is 6.04 Å². The van der Waals surface area contributed by atoms with E-state index in [-0.39, 0.29) is 17.9 Å². The molecule has 0 bridgehead atoms. The van der Waals surface area contributed by atoms with Crippen LogP contribution in [-0.4, -0.2) is 48.9 Å². The molecule has 0 radical (unpaired) electrons. The first-order chi connectivity index (χ1) is 9.72. The highest BCUT2D eigenvalue weighted by Gasteiger charge is 2.33. The highest BCUT2D eigenvalue weighted by Crippen LogP contribution is 2.19. The maximum absolute atomic E-state index is 12.3. The maximum Gasteiger partial charge on any atom is 0.242 e. The third kappa shape index (κ3) is 3.95. The summed E-state index contributed by atoms with van der Waals surface area (Å²) < 4.78 is 0. The molecule has 2 amide bonds. The minimum Gasteiger partial charge on any atom is -0.354 e. The maximum atomic E-state index is 12.3. The molecule has 2 rings (SSSR count). The summed E-state index contributed by atoms with van der Waals surface area (Å²) in [4.78, 5) is 26.1. The summed E-state index contributed by atoms with van der Waals surface area (Å²) in [5, 5.41) is 6.40. The first-order valence-electron chi connectivity index (χ1n) is 8.00. The number of nitrogens with one attached hydrogen (secondary N) is 2. The lowest BCUT2D eigenvalue weighted by molar-refractivity contribution is -0.138. The molecule has 2 atom stereocenters. The molecular formula is C15H27N3O2. The molecule has 2 unspecified atom stereocenters. The molecule has 0 spiro atoms. The highest BCUT2D eigenvalue weighted by molar-refractivity contribution is 5.88. The Morgan fingerprint density at radius 1 is 1.30 bits per heavy atom. The highest BCUT2D eigenvalue weighted by atomic mass is 16.2. The van der Waals surface area contributed by atoms with Crippen LogP contribution in [0.3, 0.4) is 0 Å². The van der Waals surface area contributed by atoms with E-state index in [1.165, 1.54) is 12.8 Å². The van der Waals surface area contributed by atoms with Crippen LogP contribution in [0.15, 0.2) is 0 Å². The number of likely N-dealkylation sites (tertiary alicyclic amines) is 1. The Hall–Kier alpha value is -1.10. The lowest BCUT2D eigenvalue weighted by Crippen LogP contribution is -2.48. The lowest BCUT2D eigenvalue weighted by Gasteiger charge is -2.26. The van der Waals surface area contributed by atoms with Gasteiger partial charge in [0.25, 0.3) is 0 Å². The number of amides is 2. The SMILES string of the molecule is CCCC(=O)N1CCCC1C(=O)NCC1CCCNC1. The van der Waals surface area contributed by atoms with Crippen LogP contribution in [-0.2, 0) is 9.59 Å². The standard InChI is InChI=1S/C15H27N3O2/c1-2-5-14(19)18-9-4-7-13(18)15(20)17-11-12-6-3-8-16-10-12/h12-13,16H,2-11H2,1H3,(H,17,20). The van der Waals surface area contributed by atoms with Crippen LogP contribution in [0.5, 0.6) is 0 Å². The van der Waals surface area contributed by atoms with E-state index in [1.54, 1.807) is 4.90 Å². The normalized spacial score (nSPS) is 26.6. The van der Waals surface area contributed by atoms with Crippen LogP contribution in [0.4, 0.5) is 0 Å². The molecule has 2 N–H and O–H groups in total. The first-order valence-corrected chi connectivity index (χ1v) is 8.00. The molecule has 2 fully saturated rings. The third-order valence-electron chi connectivity index (χ3n) is 4.30. The summed E-state index contributed by atoms with van der Waals surface area (Å²) in [5.41, 5.74) is 0. The van der Waals surface area contributed by atoms with Crippen molar-refractivity contribution in [1.29, 1.82) is 0 Å². The fraction of sp³-hybridized carbons (Fsp3) is 0.867. The zero-order chi connectivity index (χ0) is 14.4. The van der Waals surface area contributed by atoms with Gasteiger partial charge in [0.2, 0.25) is 11.8 Å². The Labute approximate surface area is 121 Å². The van der Waals surface area contributed by atoms with Crippen LogP contribution >= 0.6 is 0 Å². The summed E-state index contributed by atoms with van der Waals surface area (Å²) in [6.07, 6.45) is 5.51. The number of rotatable bonds is 5. The Morgan fingerprint density at radius 3 is 2.85 bits per heavy atom. The van der Waals surface area contributed by atoms with Gasteiger partial charge in [0.05, 0.1) is 0 Å². The van der Waals surface area contributed by atoms with Crippen LogP contribution in [0.25, 0.3) is 0 Å². The fourth-order valence-corrected chi connectivity index (χ4v) is 3.16. The van der Waals surface area contributed by atoms with Crippen LogP contribution in [0.2, 0.25) is 0 Å². The molecular weight excluding hydrogens is 254 g/mol. The van der Waals surface area contributed by atoms with Crippen LogP contribution in [0, 0.1) is 5.92 Å². The molecule has 0 aromatic carbocycles. The number of carbonyl (C=O) groups is 2. The van der Waals surface area contributed by atoms with E-state index in [0.29, 0.717) is 12.3 Å². The summed E-state index contributed by atoms with van der Waals surface area (Å²) >= 11 is 0. The summed E-state index contributed by atoms with van der Waals surface area (Å²) in [5.74, 6) is 0.705. The topological polar surface area (TPSA) is 61.4 Å². The predicted octanol–water partition coefficient (Wildman–Crippen LogP) is 0.893. The van der Waals surface area contributed by atoms with Gasteiger partial charge in [-0.25, -0.2) is 0 Å². The number of hydrogen-bond donors (Lipinski definition) is 2. The van der Waals surface area contributed by atoms with Crippen molar-refractivity contribution in [3.63, 3.8) is 0 Å². The van der Waals surface area contributed by atoms with Gasteiger partial charge in [-0.15, -0.1) is 0 Å². The third-order valence-corrected chi connectivity index (χ3v) is 4.30. The molecule has 114 valence electrons. The first kappa shape index (κ1) is 15.3. The van der Waals surface area contributed by atoms with Crippen molar-refractivity contribution in [2.75, 3.05) is 26.2 Å². The number of piperidine rings is 1. The molecule has 2 aliphatic heterocycles. The van der Waals surface area contributed by atoms with Gasteiger partial charge in [-0.2, -0.15) is 0 Å². The second-order valence-electron chi connectivity index (χ2n) is 5.95. The second-order valence-corrected chi connectivity index (χ2v) is 5.95. The van der Waals surface area contributed by atoms with Gasteiger partial charge < -0.3 is 15.5 Å². The Morgan fingerprint density at radius 2 is 2.15 bits per heavy atom. The van der Waals surface area contributed by atoms with E-state index in [0.717, 1.165) is 45.4 Å². The van der Waals surface area contributed by atoms with E-state index in [2.05, 4.69) is 10.6 Å². The van der Waals surface area contributed by atoms with Crippen molar-refractivity contribution in [3.05, 3.63) is 0 Å². The average Bonchev–Trinajstić information content (AvgIpc) is 2.96. The second kappa shape index (κ2) is 7.62. The van der Waals surface area contributed by atoms with Crippen LogP contribution in [0.1, 0.15) is 45.4 Å². The fourth-order valence-electron chi connectivity index (χ4n) is 3.16. The number of hydrogen-bond acceptors (Lipinski definition) is 3. The van der Waals surface area contributed by atoms with E-state index in [1.807, 2.05) is 6.92 Å². The van der Waals surface area contributed by atoms with Gasteiger partial charge in [0, 0.05) is 19.5 Å². The molecule has 0 aromatic rings. The monoisotopic (exact) mass is 281 g/mol. The zero-order valence-electron chi connectivity index (χ0n) is 12.5. The van der Waals surface area contributed by atoms with Crippen molar-refractivity contribution in [2.24, 2.45) is 5.92 Å². The molecule has 0 aromatic heterocycles. The number of carbonyl (C=O) groups excluding carboxylic acids is 2. The molecule has 5 heteroatoms. The van der Waals surface area contributed by atoms with Gasteiger partial charge >= 0.3 is 0 Å².